The summed E-state index contributed by atoms with van der Waals surface area (Å²) >= 11 is 0. The highest BCUT2D eigenvalue weighted by Crippen LogP contribution is 2.15. The van der Waals surface area contributed by atoms with Gasteiger partial charge in [0.25, 0.3) is 0 Å². The first-order valence-electron chi connectivity index (χ1n) is 6.58. The van der Waals surface area contributed by atoms with Crippen molar-refractivity contribution in [1.29, 1.82) is 0 Å². The third-order valence-corrected chi connectivity index (χ3v) is 3.19. The predicted molar refractivity (Wildman–Crippen MR) is 68.7 cm³/mol. The molecule has 2 rings (SSSR count). The summed E-state index contributed by atoms with van der Waals surface area (Å²) in [5.41, 5.74) is 0.728. The zero-order valence-electron chi connectivity index (χ0n) is 10.8. The van der Waals surface area contributed by atoms with E-state index in [2.05, 4.69) is 10.6 Å². The highest BCUT2D eigenvalue weighted by molar-refractivity contribution is 5.74. The summed E-state index contributed by atoms with van der Waals surface area (Å²) in [4.78, 5) is 11.6. The van der Waals surface area contributed by atoms with Crippen molar-refractivity contribution in [2.75, 3.05) is 19.8 Å². The van der Waals surface area contributed by atoms with Gasteiger partial charge in [-0.2, -0.15) is 0 Å². The molecule has 0 saturated carbocycles. The Bertz CT molecular complexity index is 374. The summed E-state index contributed by atoms with van der Waals surface area (Å²) in [5, 5.41) is 15.4. The van der Waals surface area contributed by atoms with Crippen LogP contribution in [-0.2, 0) is 4.74 Å². The maximum atomic E-state index is 11.6. The second-order valence-corrected chi connectivity index (χ2v) is 4.65. The van der Waals surface area contributed by atoms with Crippen LogP contribution in [0.4, 0.5) is 4.79 Å². The standard InChI is InChI=1S/C13H20N2O4/c16-12(10-2-6-19-9-10)1-5-14-13(17)15-11-3-7-18-8-4-11/h2,6,9,11-12,16H,1,3-5,7-8H2,(H2,14,15,17)/t12-/m0/s1. The quantitative estimate of drug-likeness (QED) is 0.748. The first-order chi connectivity index (χ1) is 9.25. The van der Waals surface area contributed by atoms with Crippen molar-refractivity contribution in [3.05, 3.63) is 24.2 Å². The van der Waals surface area contributed by atoms with Gasteiger partial charge in [0, 0.05) is 31.4 Å². The van der Waals surface area contributed by atoms with E-state index in [1.165, 1.54) is 12.5 Å². The number of carbonyl (C=O) groups is 1. The van der Waals surface area contributed by atoms with Gasteiger partial charge >= 0.3 is 6.03 Å². The predicted octanol–water partition coefficient (Wildman–Crippen LogP) is 1.18. The largest absolute Gasteiger partial charge is 0.472 e. The Morgan fingerprint density at radius 1 is 1.47 bits per heavy atom. The van der Waals surface area contributed by atoms with E-state index in [9.17, 15) is 9.90 Å². The topological polar surface area (TPSA) is 83.7 Å². The Kier molecular flexibility index (Phi) is 5.23. The lowest BCUT2D eigenvalue weighted by Crippen LogP contribution is -2.44. The first-order valence-corrected chi connectivity index (χ1v) is 6.58. The summed E-state index contributed by atoms with van der Waals surface area (Å²) in [6, 6.07) is 1.71. The van der Waals surface area contributed by atoms with Crippen LogP contribution < -0.4 is 10.6 Å². The van der Waals surface area contributed by atoms with Gasteiger partial charge in [-0.3, -0.25) is 0 Å². The van der Waals surface area contributed by atoms with Crippen LogP contribution in [0.3, 0.4) is 0 Å². The van der Waals surface area contributed by atoms with Gasteiger partial charge in [0.1, 0.15) is 0 Å². The smallest absolute Gasteiger partial charge is 0.315 e. The molecular formula is C13H20N2O4. The average molecular weight is 268 g/mol. The zero-order chi connectivity index (χ0) is 13.5. The van der Waals surface area contributed by atoms with Crippen molar-refractivity contribution in [2.24, 2.45) is 0 Å². The van der Waals surface area contributed by atoms with E-state index in [-0.39, 0.29) is 12.1 Å². The van der Waals surface area contributed by atoms with E-state index in [1.54, 1.807) is 6.07 Å². The van der Waals surface area contributed by atoms with Crippen molar-refractivity contribution >= 4 is 6.03 Å². The van der Waals surface area contributed by atoms with Crippen molar-refractivity contribution in [2.45, 2.75) is 31.4 Å². The molecule has 1 aromatic rings. The Morgan fingerprint density at radius 3 is 2.95 bits per heavy atom. The van der Waals surface area contributed by atoms with E-state index < -0.39 is 6.10 Å². The van der Waals surface area contributed by atoms with Crippen molar-refractivity contribution in [3.63, 3.8) is 0 Å². The van der Waals surface area contributed by atoms with Gasteiger partial charge in [-0.1, -0.05) is 0 Å². The van der Waals surface area contributed by atoms with Gasteiger partial charge in [0.15, 0.2) is 0 Å². The second-order valence-electron chi connectivity index (χ2n) is 4.65. The van der Waals surface area contributed by atoms with Crippen LogP contribution in [-0.4, -0.2) is 36.9 Å². The molecule has 3 N–H and O–H groups in total. The number of carbonyl (C=O) groups excluding carboxylic acids is 1. The summed E-state index contributed by atoms with van der Waals surface area (Å²) in [6.07, 6.45) is 4.58. The number of rotatable bonds is 5. The van der Waals surface area contributed by atoms with Gasteiger partial charge in [0.2, 0.25) is 0 Å². The number of hydrogen-bond donors (Lipinski definition) is 3. The lowest BCUT2D eigenvalue weighted by Gasteiger charge is -2.23. The monoisotopic (exact) mass is 268 g/mol. The van der Waals surface area contributed by atoms with E-state index >= 15 is 0 Å². The minimum atomic E-state index is -0.609. The molecule has 6 heteroatoms. The minimum Gasteiger partial charge on any atom is -0.472 e. The molecule has 106 valence electrons. The van der Waals surface area contributed by atoms with Crippen LogP contribution in [0, 0.1) is 0 Å². The number of ether oxygens (including phenoxy) is 1. The summed E-state index contributed by atoms with van der Waals surface area (Å²) in [6.45, 7) is 1.82. The molecule has 1 atom stereocenters. The van der Waals surface area contributed by atoms with Crippen LogP contribution in [0.25, 0.3) is 0 Å². The lowest BCUT2D eigenvalue weighted by atomic mass is 10.1. The first kappa shape index (κ1) is 13.9. The van der Waals surface area contributed by atoms with E-state index in [4.69, 9.17) is 9.15 Å². The Labute approximate surface area is 112 Å². The van der Waals surface area contributed by atoms with E-state index in [0.717, 1.165) is 18.4 Å². The Morgan fingerprint density at radius 2 is 2.26 bits per heavy atom. The molecule has 1 saturated heterocycles. The highest BCUT2D eigenvalue weighted by atomic mass is 16.5. The molecule has 2 amide bonds. The van der Waals surface area contributed by atoms with Crippen molar-refractivity contribution in [3.8, 4) is 0 Å². The molecule has 0 bridgehead atoms. The van der Waals surface area contributed by atoms with Gasteiger partial charge in [-0.15, -0.1) is 0 Å². The van der Waals surface area contributed by atoms with Crippen LogP contribution >= 0.6 is 0 Å². The van der Waals surface area contributed by atoms with Gasteiger partial charge in [0.05, 0.1) is 18.6 Å². The maximum absolute atomic E-state index is 11.6. The molecule has 0 aliphatic carbocycles. The summed E-state index contributed by atoms with van der Waals surface area (Å²) < 4.78 is 10.1. The average Bonchev–Trinajstić information content (AvgIpc) is 2.93. The molecule has 19 heavy (non-hydrogen) atoms. The zero-order valence-corrected chi connectivity index (χ0v) is 10.8. The minimum absolute atomic E-state index is 0.188. The number of aliphatic hydroxyl groups is 1. The van der Waals surface area contributed by atoms with Gasteiger partial charge in [-0.05, 0) is 25.3 Å². The SMILES string of the molecule is O=C(NCC[C@H](O)c1ccoc1)NC1CCOCC1. The number of hydrogen-bond acceptors (Lipinski definition) is 4. The van der Waals surface area contributed by atoms with Gasteiger partial charge < -0.3 is 24.9 Å². The molecule has 1 aromatic heterocycles. The van der Waals surface area contributed by atoms with Gasteiger partial charge in [-0.25, -0.2) is 4.79 Å². The number of furan rings is 1. The number of nitrogens with one attached hydrogen (secondary N) is 2. The fourth-order valence-corrected chi connectivity index (χ4v) is 2.03. The number of aliphatic hydroxyl groups excluding tert-OH is 1. The lowest BCUT2D eigenvalue weighted by molar-refractivity contribution is 0.0800. The Hall–Kier alpha value is -1.53. The molecule has 2 heterocycles. The van der Waals surface area contributed by atoms with Crippen LogP contribution in [0.1, 0.15) is 30.9 Å². The van der Waals surface area contributed by atoms with Crippen LogP contribution in [0.2, 0.25) is 0 Å². The maximum Gasteiger partial charge on any atom is 0.315 e. The fourth-order valence-electron chi connectivity index (χ4n) is 2.03. The molecule has 1 aliphatic heterocycles. The normalized spacial score (nSPS) is 17.9. The molecule has 0 aromatic carbocycles. The molecule has 0 spiro atoms. The summed E-state index contributed by atoms with van der Waals surface area (Å²) in [7, 11) is 0. The Balaban J connectivity index is 1.61. The number of amides is 2. The van der Waals surface area contributed by atoms with Crippen LogP contribution in [0.5, 0.6) is 0 Å². The fraction of sp³-hybridized carbons (Fsp3) is 0.615. The van der Waals surface area contributed by atoms with Crippen molar-refractivity contribution < 1.29 is 19.1 Å². The van der Waals surface area contributed by atoms with Crippen LogP contribution in [0.15, 0.2) is 23.0 Å². The van der Waals surface area contributed by atoms with E-state index in [0.29, 0.717) is 26.2 Å². The molecule has 0 unspecified atom stereocenters. The molecular weight excluding hydrogens is 248 g/mol. The third-order valence-electron chi connectivity index (χ3n) is 3.19. The molecule has 6 nitrogen and oxygen atoms in total. The highest BCUT2D eigenvalue weighted by Gasteiger charge is 2.16. The van der Waals surface area contributed by atoms with E-state index in [1.807, 2.05) is 0 Å². The number of urea groups is 1. The molecule has 0 radical (unpaired) electrons. The molecule has 1 fully saturated rings. The molecule has 1 aliphatic rings. The summed E-state index contributed by atoms with van der Waals surface area (Å²) in [5.74, 6) is 0. The second kappa shape index (κ2) is 7.16. The van der Waals surface area contributed by atoms with Crippen molar-refractivity contribution in [1.82, 2.24) is 10.6 Å². The third kappa shape index (κ3) is 4.57.